The molecule has 0 unspecified atom stereocenters. The first kappa shape index (κ1) is 27.1. The van der Waals surface area contributed by atoms with E-state index in [-0.39, 0.29) is 5.56 Å². The minimum atomic E-state index is -0.942. The van der Waals surface area contributed by atoms with Crippen LogP contribution in [-0.4, -0.2) is 40.2 Å². The second-order valence-electron chi connectivity index (χ2n) is 7.09. The molecule has 2 aromatic heterocycles. The van der Waals surface area contributed by atoms with Crippen molar-refractivity contribution in [3.05, 3.63) is 83.9 Å². The summed E-state index contributed by atoms with van der Waals surface area (Å²) in [4.78, 5) is 22.1. The van der Waals surface area contributed by atoms with E-state index in [0.29, 0.717) is 24.1 Å². The topological polar surface area (TPSA) is 133 Å². The highest BCUT2D eigenvalue weighted by atomic mass is 35.5. The quantitative estimate of drug-likeness (QED) is 0.118. The van der Waals surface area contributed by atoms with Crippen LogP contribution >= 0.6 is 11.6 Å². The molecule has 0 amide bonds. The molecule has 2 heterocycles. The average Bonchev–Trinajstić information content (AvgIpc) is 2.88. The van der Waals surface area contributed by atoms with Gasteiger partial charge in [0.05, 0.1) is 12.2 Å². The highest BCUT2D eigenvalue weighted by molar-refractivity contribution is 6.30. The van der Waals surface area contributed by atoms with Crippen molar-refractivity contribution >= 4 is 29.2 Å². The summed E-state index contributed by atoms with van der Waals surface area (Å²) in [6, 6.07) is 14.1. The molecular weight excluding hydrogens is 468 g/mol. The number of carbonyl (C=O) groups is 1. The number of unbranched alkanes of at least 4 members (excludes halogenated alkanes) is 3. The van der Waals surface area contributed by atoms with Gasteiger partial charge >= 0.3 is 5.97 Å². The third-order valence-electron chi connectivity index (χ3n) is 4.43. The molecule has 1 aromatic carbocycles. The van der Waals surface area contributed by atoms with E-state index in [4.69, 9.17) is 26.7 Å². The summed E-state index contributed by atoms with van der Waals surface area (Å²) in [5.74, 6) is 0.348. The highest BCUT2D eigenvalue weighted by Crippen LogP contribution is 2.16. The van der Waals surface area contributed by atoms with Crippen molar-refractivity contribution in [2.24, 2.45) is 4.99 Å². The van der Waals surface area contributed by atoms with Crippen molar-refractivity contribution in [2.75, 3.05) is 18.5 Å². The van der Waals surface area contributed by atoms with Crippen LogP contribution in [0, 0.1) is 11.5 Å². The van der Waals surface area contributed by atoms with Gasteiger partial charge in [-0.05, 0) is 67.8 Å². The van der Waals surface area contributed by atoms with Gasteiger partial charge in [-0.15, -0.1) is 0 Å². The Kier molecular flexibility index (Phi) is 12.7. The molecule has 0 aliphatic heterocycles. The average molecular weight is 495 g/mol. The molecule has 0 saturated carbocycles. The Balaban J connectivity index is 0.000000402. The number of anilines is 1. The van der Waals surface area contributed by atoms with Gasteiger partial charge in [-0.2, -0.15) is 5.26 Å². The highest BCUT2D eigenvalue weighted by Gasteiger charge is 1.99. The van der Waals surface area contributed by atoms with Crippen LogP contribution < -0.4 is 15.4 Å². The Morgan fingerprint density at radius 2 is 1.77 bits per heavy atom. The van der Waals surface area contributed by atoms with Crippen LogP contribution in [0.3, 0.4) is 0 Å². The first-order chi connectivity index (χ1) is 17.1. The zero-order valence-electron chi connectivity index (χ0n) is 19.1. The van der Waals surface area contributed by atoms with Gasteiger partial charge in [0, 0.05) is 42.0 Å². The maximum absolute atomic E-state index is 10.2. The molecule has 9 nitrogen and oxygen atoms in total. The Morgan fingerprint density at radius 1 is 1.03 bits per heavy atom. The van der Waals surface area contributed by atoms with E-state index in [1.807, 2.05) is 42.6 Å². The first-order valence-corrected chi connectivity index (χ1v) is 11.3. The van der Waals surface area contributed by atoms with Gasteiger partial charge in [0.1, 0.15) is 5.75 Å². The number of nitriles is 1. The Bertz CT molecular complexity index is 1070. The summed E-state index contributed by atoms with van der Waals surface area (Å²) in [6.07, 6.45) is 12.2. The van der Waals surface area contributed by atoms with Gasteiger partial charge in [0.15, 0.2) is 6.19 Å². The normalized spacial score (nSPS) is 10.3. The SMILES string of the molecule is N#CNC(=NCCCCCCOc1ccc(Cl)cc1)Nc1ccncc1.O=C(O)c1cccnc1. The lowest BCUT2D eigenvalue weighted by molar-refractivity contribution is 0.0696. The molecule has 3 N–H and O–H groups in total. The van der Waals surface area contributed by atoms with Crippen molar-refractivity contribution in [1.29, 1.82) is 5.26 Å². The number of aliphatic imine (C=N–C) groups is 1. The standard InChI is InChI=1S/C19H22ClN5O.C6H5NO2/c20-16-5-7-18(8-6-16)26-14-4-2-1-3-11-23-19(24-15-21)25-17-9-12-22-13-10-17;8-6(9)5-2-1-3-7-4-5/h5-10,12-13H,1-4,11,14H2,(H2,22,23,24,25);1-4H,(H,8,9). The van der Waals surface area contributed by atoms with Crippen LogP contribution in [-0.2, 0) is 0 Å². The number of hydrogen-bond donors (Lipinski definition) is 3. The van der Waals surface area contributed by atoms with Crippen LogP contribution in [0.2, 0.25) is 5.02 Å². The van der Waals surface area contributed by atoms with Crippen LogP contribution in [0.15, 0.2) is 78.3 Å². The third-order valence-corrected chi connectivity index (χ3v) is 4.68. The van der Waals surface area contributed by atoms with Crippen LogP contribution in [0.25, 0.3) is 0 Å². The summed E-state index contributed by atoms with van der Waals surface area (Å²) >= 11 is 5.84. The van der Waals surface area contributed by atoms with E-state index in [1.54, 1.807) is 18.5 Å². The number of guanidine groups is 1. The molecule has 0 fully saturated rings. The fourth-order valence-corrected chi connectivity index (χ4v) is 2.83. The molecule has 0 saturated heterocycles. The second kappa shape index (κ2) is 16.5. The lowest BCUT2D eigenvalue weighted by Gasteiger charge is -2.08. The van der Waals surface area contributed by atoms with E-state index in [0.717, 1.165) is 37.1 Å². The zero-order chi connectivity index (χ0) is 25.1. The molecule has 0 aliphatic carbocycles. The summed E-state index contributed by atoms with van der Waals surface area (Å²) in [7, 11) is 0. The predicted molar refractivity (Wildman–Crippen MR) is 136 cm³/mol. The number of carboxylic acid groups (broad SMARTS) is 1. The summed E-state index contributed by atoms with van der Waals surface area (Å²) < 4.78 is 5.66. The number of rotatable bonds is 10. The first-order valence-electron chi connectivity index (χ1n) is 11.0. The fourth-order valence-electron chi connectivity index (χ4n) is 2.70. The smallest absolute Gasteiger partial charge is 0.337 e. The lowest BCUT2D eigenvalue weighted by Crippen LogP contribution is -2.27. The number of halogens is 1. The van der Waals surface area contributed by atoms with Crippen molar-refractivity contribution in [2.45, 2.75) is 25.7 Å². The van der Waals surface area contributed by atoms with E-state index < -0.39 is 5.97 Å². The van der Waals surface area contributed by atoms with Crippen molar-refractivity contribution in [3.63, 3.8) is 0 Å². The van der Waals surface area contributed by atoms with Gasteiger partial charge in [-0.3, -0.25) is 20.3 Å². The van der Waals surface area contributed by atoms with E-state index in [2.05, 4.69) is 25.6 Å². The van der Waals surface area contributed by atoms with Crippen molar-refractivity contribution in [1.82, 2.24) is 15.3 Å². The van der Waals surface area contributed by atoms with Crippen LogP contribution in [0.1, 0.15) is 36.0 Å². The van der Waals surface area contributed by atoms with Gasteiger partial charge in [-0.25, -0.2) is 4.79 Å². The molecule has 0 atom stereocenters. The Labute approximate surface area is 209 Å². The maximum atomic E-state index is 10.2. The molecule has 0 aliphatic rings. The molecule has 3 rings (SSSR count). The van der Waals surface area contributed by atoms with Crippen LogP contribution in [0.4, 0.5) is 5.69 Å². The number of ether oxygens (including phenoxy) is 1. The number of nitrogens with zero attached hydrogens (tertiary/aromatic N) is 4. The number of pyridine rings is 2. The van der Waals surface area contributed by atoms with E-state index in [1.165, 1.54) is 18.5 Å². The summed E-state index contributed by atoms with van der Waals surface area (Å²) in [5.41, 5.74) is 1.05. The van der Waals surface area contributed by atoms with E-state index >= 15 is 0 Å². The van der Waals surface area contributed by atoms with Gasteiger partial charge < -0.3 is 15.2 Å². The molecule has 10 heteroatoms. The molecule has 3 aromatic rings. The fraction of sp³-hybridized carbons (Fsp3) is 0.240. The monoisotopic (exact) mass is 494 g/mol. The summed E-state index contributed by atoms with van der Waals surface area (Å²) in [6.45, 7) is 1.34. The number of carboxylic acids is 1. The molecule has 0 radical (unpaired) electrons. The Hall–Kier alpha value is -4.16. The molecule has 35 heavy (non-hydrogen) atoms. The number of aromatic nitrogens is 2. The molecule has 0 bridgehead atoms. The van der Waals surface area contributed by atoms with Gasteiger partial charge in [0.2, 0.25) is 5.96 Å². The molecule has 0 spiro atoms. The molecular formula is C25H27ClN6O3. The van der Waals surface area contributed by atoms with E-state index in [9.17, 15) is 4.79 Å². The maximum Gasteiger partial charge on any atom is 0.337 e. The van der Waals surface area contributed by atoms with Crippen LogP contribution in [0.5, 0.6) is 5.75 Å². The van der Waals surface area contributed by atoms with Gasteiger partial charge in [-0.1, -0.05) is 18.0 Å². The van der Waals surface area contributed by atoms with Gasteiger partial charge in [0.25, 0.3) is 0 Å². The molecule has 182 valence electrons. The van der Waals surface area contributed by atoms with Crippen molar-refractivity contribution < 1.29 is 14.6 Å². The lowest BCUT2D eigenvalue weighted by atomic mass is 10.2. The minimum Gasteiger partial charge on any atom is -0.494 e. The number of aromatic carboxylic acids is 1. The number of benzene rings is 1. The predicted octanol–water partition coefficient (Wildman–Crippen LogP) is 4.99. The number of nitrogens with one attached hydrogen (secondary N) is 2. The van der Waals surface area contributed by atoms with Crippen molar-refractivity contribution in [3.8, 4) is 11.9 Å². The summed E-state index contributed by atoms with van der Waals surface area (Å²) in [5, 5.41) is 23.5. The zero-order valence-corrected chi connectivity index (χ0v) is 19.9. The largest absolute Gasteiger partial charge is 0.494 e. The Morgan fingerprint density at radius 3 is 2.40 bits per heavy atom. The minimum absolute atomic E-state index is 0.220. The third kappa shape index (κ3) is 12.0. The number of hydrogen-bond acceptors (Lipinski definition) is 6. The second-order valence-corrected chi connectivity index (χ2v) is 7.53.